The number of aromatic amines is 1. The first-order valence-corrected chi connectivity index (χ1v) is 12.4. The van der Waals surface area contributed by atoms with E-state index in [2.05, 4.69) is 22.0 Å². The van der Waals surface area contributed by atoms with Crippen molar-refractivity contribution in [3.63, 3.8) is 0 Å². The Morgan fingerprint density at radius 1 is 1.03 bits per heavy atom. The molecule has 0 spiro atoms. The summed E-state index contributed by atoms with van der Waals surface area (Å²) in [5.74, 6) is 0.203. The first-order valence-electron chi connectivity index (χ1n) is 12.4. The minimum absolute atomic E-state index is 0.0744. The summed E-state index contributed by atoms with van der Waals surface area (Å²) >= 11 is 0. The van der Waals surface area contributed by atoms with E-state index in [4.69, 9.17) is 9.47 Å². The van der Waals surface area contributed by atoms with Crippen LogP contribution >= 0.6 is 0 Å². The summed E-state index contributed by atoms with van der Waals surface area (Å²) in [4.78, 5) is 18.5. The van der Waals surface area contributed by atoms with Gasteiger partial charge in [0.1, 0.15) is 18.2 Å². The molecule has 4 heterocycles. The number of morpholine rings is 1. The lowest BCUT2D eigenvalue weighted by Crippen LogP contribution is -2.40. The van der Waals surface area contributed by atoms with Crippen LogP contribution in [-0.4, -0.2) is 46.8 Å². The molecule has 7 heteroatoms. The van der Waals surface area contributed by atoms with Crippen LogP contribution in [0.15, 0.2) is 65.5 Å². The first kappa shape index (κ1) is 21.6. The second-order valence-corrected chi connectivity index (χ2v) is 9.83. The molecular formula is C29H26FN3O3. The Kier molecular flexibility index (Phi) is 5.08. The van der Waals surface area contributed by atoms with E-state index >= 15 is 0 Å². The van der Waals surface area contributed by atoms with Crippen molar-refractivity contribution in [1.29, 1.82) is 0 Å². The summed E-state index contributed by atoms with van der Waals surface area (Å²) in [6.07, 6.45) is 3.01. The molecule has 2 fully saturated rings. The molecule has 3 aliphatic rings. The van der Waals surface area contributed by atoms with Crippen LogP contribution < -0.4 is 10.4 Å². The Balaban J connectivity index is 1.31. The second kappa shape index (κ2) is 8.47. The van der Waals surface area contributed by atoms with Crippen molar-refractivity contribution in [2.24, 2.45) is 0 Å². The third-order valence-electron chi connectivity index (χ3n) is 7.68. The highest BCUT2D eigenvalue weighted by molar-refractivity contribution is 5.95. The van der Waals surface area contributed by atoms with E-state index in [9.17, 15) is 9.18 Å². The summed E-state index contributed by atoms with van der Waals surface area (Å²) in [5, 5.41) is 0. The van der Waals surface area contributed by atoms with E-state index in [1.54, 1.807) is 6.07 Å². The standard InChI is InChI=1S/C29H26FN3O3/c30-20-6-7-24-25(23-4-2-1-3-19(23)16-36-28(24)13-20)11-18-5-8-27-26(12-18)31-29(34)33(27)21-14-22-17-35-10-9-32(22)15-21/h1-8,11-13,21-22H,9-10,14-17H2,(H,31,34)/b25-11+/t21?,22-/m0/s1. The SMILES string of the molecule is O=c1[nH]c2cc(/C=C3\c4ccccc4COc4cc(F)ccc43)ccc2n1C1C[C@H]2COCCN2C1. The number of imidazole rings is 1. The lowest BCUT2D eigenvalue weighted by Gasteiger charge is -2.28. The van der Waals surface area contributed by atoms with Gasteiger partial charge in [-0.15, -0.1) is 0 Å². The third kappa shape index (κ3) is 3.58. The highest BCUT2D eigenvalue weighted by atomic mass is 19.1. The van der Waals surface area contributed by atoms with Crippen LogP contribution in [0.5, 0.6) is 5.75 Å². The molecule has 3 aromatic carbocycles. The summed E-state index contributed by atoms with van der Waals surface area (Å²) in [6, 6.07) is 19.4. The van der Waals surface area contributed by atoms with Crippen molar-refractivity contribution in [2.45, 2.75) is 25.1 Å². The number of fused-ring (bicyclic) bond motifs is 4. The molecule has 4 aromatic rings. The monoisotopic (exact) mass is 483 g/mol. The summed E-state index contributed by atoms with van der Waals surface area (Å²) in [7, 11) is 0. The van der Waals surface area contributed by atoms with Crippen LogP contribution in [-0.2, 0) is 11.3 Å². The molecule has 0 saturated carbocycles. The largest absolute Gasteiger partial charge is 0.488 e. The molecule has 0 radical (unpaired) electrons. The molecule has 6 nitrogen and oxygen atoms in total. The van der Waals surface area contributed by atoms with Crippen LogP contribution in [0.25, 0.3) is 22.7 Å². The van der Waals surface area contributed by atoms with Crippen LogP contribution in [0.4, 0.5) is 4.39 Å². The van der Waals surface area contributed by atoms with E-state index in [0.29, 0.717) is 18.4 Å². The minimum atomic E-state index is -0.325. The zero-order valence-corrected chi connectivity index (χ0v) is 19.7. The van der Waals surface area contributed by atoms with E-state index in [0.717, 1.165) is 71.6 Å². The number of halogens is 1. The van der Waals surface area contributed by atoms with Crippen LogP contribution in [0, 0.1) is 5.82 Å². The maximum atomic E-state index is 14.0. The van der Waals surface area contributed by atoms with Crippen LogP contribution in [0.2, 0.25) is 0 Å². The highest BCUT2D eigenvalue weighted by Gasteiger charge is 2.36. The maximum absolute atomic E-state index is 14.0. The molecule has 1 unspecified atom stereocenters. The number of nitrogens with zero attached hydrogens (tertiary/aromatic N) is 2. The Hall–Kier alpha value is -3.68. The molecule has 7 rings (SSSR count). The number of ether oxygens (including phenoxy) is 2. The molecule has 2 saturated heterocycles. The maximum Gasteiger partial charge on any atom is 0.326 e. The molecule has 2 atom stereocenters. The predicted molar refractivity (Wildman–Crippen MR) is 137 cm³/mol. The number of H-pyrrole nitrogens is 1. The topological polar surface area (TPSA) is 59.5 Å². The summed E-state index contributed by atoms with van der Waals surface area (Å²) in [6.45, 7) is 3.67. The van der Waals surface area contributed by atoms with Crippen LogP contribution in [0.1, 0.15) is 34.7 Å². The molecule has 0 bridgehead atoms. The molecule has 0 amide bonds. The number of aromatic nitrogens is 2. The van der Waals surface area contributed by atoms with Gasteiger partial charge in [0.25, 0.3) is 0 Å². The molecule has 1 N–H and O–H groups in total. The Morgan fingerprint density at radius 3 is 2.86 bits per heavy atom. The summed E-state index contributed by atoms with van der Waals surface area (Å²) in [5.41, 5.74) is 6.52. The van der Waals surface area contributed by atoms with Gasteiger partial charge in [0, 0.05) is 30.8 Å². The fourth-order valence-electron chi connectivity index (χ4n) is 5.96. The molecule has 1 aromatic heterocycles. The van der Waals surface area contributed by atoms with Gasteiger partial charge in [-0.3, -0.25) is 9.47 Å². The van der Waals surface area contributed by atoms with E-state index < -0.39 is 0 Å². The van der Waals surface area contributed by atoms with Crippen LogP contribution in [0.3, 0.4) is 0 Å². The lowest BCUT2D eigenvalue weighted by atomic mass is 9.92. The number of benzene rings is 3. The Labute approximate surface area is 207 Å². The fraction of sp³-hybridized carbons (Fsp3) is 0.276. The number of rotatable bonds is 2. The van der Waals surface area contributed by atoms with E-state index in [1.165, 1.54) is 12.1 Å². The third-order valence-corrected chi connectivity index (χ3v) is 7.68. The molecule has 0 aliphatic carbocycles. The van der Waals surface area contributed by atoms with Gasteiger partial charge < -0.3 is 14.5 Å². The van der Waals surface area contributed by atoms with Gasteiger partial charge in [-0.05, 0) is 59.0 Å². The van der Waals surface area contributed by atoms with Gasteiger partial charge in [0.05, 0.1) is 30.3 Å². The normalized spacial score (nSPS) is 22.6. The highest BCUT2D eigenvalue weighted by Crippen LogP contribution is 2.38. The van der Waals surface area contributed by atoms with E-state index in [-0.39, 0.29) is 17.5 Å². The number of hydrogen-bond acceptors (Lipinski definition) is 4. The average Bonchev–Trinajstić information content (AvgIpc) is 3.41. The average molecular weight is 484 g/mol. The smallest absolute Gasteiger partial charge is 0.326 e. The zero-order valence-electron chi connectivity index (χ0n) is 19.7. The zero-order chi connectivity index (χ0) is 24.2. The van der Waals surface area contributed by atoms with Crippen molar-refractivity contribution in [3.8, 4) is 5.75 Å². The van der Waals surface area contributed by atoms with Crippen molar-refractivity contribution in [2.75, 3.05) is 26.3 Å². The molecule has 3 aliphatic heterocycles. The van der Waals surface area contributed by atoms with Gasteiger partial charge in [-0.25, -0.2) is 9.18 Å². The molecule has 36 heavy (non-hydrogen) atoms. The van der Waals surface area contributed by atoms with Gasteiger partial charge in [0.15, 0.2) is 0 Å². The van der Waals surface area contributed by atoms with Crippen molar-refractivity contribution < 1.29 is 13.9 Å². The van der Waals surface area contributed by atoms with Gasteiger partial charge >= 0.3 is 5.69 Å². The first-order chi connectivity index (χ1) is 17.6. The molecule has 182 valence electrons. The number of hydrogen-bond donors (Lipinski definition) is 1. The second-order valence-electron chi connectivity index (χ2n) is 9.83. The van der Waals surface area contributed by atoms with Gasteiger partial charge in [-0.2, -0.15) is 0 Å². The molecular weight excluding hydrogens is 457 g/mol. The quantitative estimate of drug-likeness (QED) is 0.453. The van der Waals surface area contributed by atoms with Crippen molar-refractivity contribution >= 4 is 22.7 Å². The van der Waals surface area contributed by atoms with Gasteiger partial charge in [-0.1, -0.05) is 30.3 Å². The predicted octanol–water partition coefficient (Wildman–Crippen LogP) is 4.60. The summed E-state index contributed by atoms with van der Waals surface area (Å²) < 4.78 is 27.5. The minimum Gasteiger partial charge on any atom is -0.488 e. The van der Waals surface area contributed by atoms with Crippen molar-refractivity contribution in [1.82, 2.24) is 14.5 Å². The Bertz CT molecular complexity index is 1560. The van der Waals surface area contributed by atoms with Crippen molar-refractivity contribution in [3.05, 3.63) is 99.2 Å². The van der Waals surface area contributed by atoms with E-state index in [1.807, 2.05) is 41.0 Å². The number of nitrogens with one attached hydrogen (secondary N) is 1. The fourth-order valence-corrected chi connectivity index (χ4v) is 5.96. The van der Waals surface area contributed by atoms with Gasteiger partial charge in [0.2, 0.25) is 0 Å². The lowest BCUT2D eigenvalue weighted by molar-refractivity contribution is 0.0128. The Morgan fingerprint density at radius 2 is 1.94 bits per heavy atom.